The molecule has 0 amide bonds. The average molecular weight is 270 g/mol. The molecule has 2 nitrogen and oxygen atoms in total. The predicted octanol–water partition coefficient (Wildman–Crippen LogP) is 3.70. The Morgan fingerprint density at radius 1 is 1.44 bits per heavy atom. The molecule has 0 aromatic heterocycles. The first-order valence-electron chi connectivity index (χ1n) is 6.33. The van der Waals surface area contributed by atoms with E-state index >= 15 is 0 Å². The first-order valence-corrected chi connectivity index (χ1v) is 6.71. The van der Waals surface area contributed by atoms with E-state index in [0.29, 0.717) is 23.1 Å². The van der Waals surface area contributed by atoms with Crippen molar-refractivity contribution in [3.05, 3.63) is 29.0 Å². The van der Waals surface area contributed by atoms with E-state index < -0.39 is 0 Å². The summed E-state index contributed by atoms with van der Waals surface area (Å²) in [4.78, 5) is 0. The molecular weight excluding hydrogens is 253 g/mol. The van der Waals surface area contributed by atoms with Crippen LogP contribution in [-0.4, -0.2) is 18.8 Å². The zero-order valence-electron chi connectivity index (χ0n) is 10.5. The zero-order chi connectivity index (χ0) is 12.9. The molecule has 2 aliphatic rings. The maximum Gasteiger partial charge on any atom is 0.124 e. The Bertz CT molecular complexity index is 477. The van der Waals surface area contributed by atoms with Crippen LogP contribution in [0.4, 0.5) is 10.1 Å². The summed E-state index contributed by atoms with van der Waals surface area (Å²) in [7, 11) is 0. The topological polar surface area (TPSA) is 21.3 Å². The van der Waals surface area contributed by atoms with Crippen LogP contribution in [0.3, 0.4) is 0 Å². The lowest BCUT2D eigenvalue weighted by atomic mass is 9.57. The minimum Gasteiger partial charge on any atom is -0.380 e. The molecule has 1 aliphatic heterocycles. The monoisotopic (exact) mass is 269 g/mol. The summed E-state index contributed by atoms with van der Waals surface area (Å²) in [5, 5.41) is 3.90. The Morgan fingerprint density at radius 2 is 2.22 bits per heavy atom. The molecule has 1 aliphatic carbocycles. The molecule has 3 unspecified atom stereocenters. The lowest BCUT2D eigenvalue weighted by Crippen LogP contribution is -2.63. The molecule has 0 radical (unpaired) electrons. The van der Waals surface area contributed by atoms with Gasteiger partial charge >= 0.3 is 0 Å². The van der Waals surface area contributed by atoms with Gasteiger partial charge in [0.2, 0.25) is 0 Å². The Kier molecular flexibility index (Phi) is 2.79. The third-order valence-electron chi connectivity index (χ3n) is 4.34. The molecule has 0 spiro atoms. The van der Waals surface area contributed by atoms with E-state index in [1.807, 2.05) is 0 Å². The van der Waals surface area contributed by atoms with Gasteiger partial charge in [-0.25, -0.2) is 4.39 Å². The molecule has 3 rings (SSSR count). The van der Waals surface area contributed by atoms with Gasteiger partial charge in [0.1, 0.15) is 5.82 Å². The lowest BCUT2D eigenvalue weighted by Gasteiger charge is -2.55. The highest BCUT2D eigenvalue weighted by atomic mass is 35.5. The normalized spacial score (nSPS) is 32.8. The summed E-state index contributed by atoms with van der Waals surface area (Å²) in [6.45, 7) is 5.25. The highest BCUT2D eigenvalue weighted by Crippen LogP contribution is 2.53. The molecule has 1 saturated heterocycles. The average Bonchev–Trinajstić information content (AvgIpc) is 2.74. The van der Waals surface area contributed by atoms with Gasteiger partial charge in [-0.1, -0.05) is 25.4 Å². The Hall–Kier alpha value is -0.800. The molecule has 1 aromatic carbocycles. The second kappa shape index (κ2) is 4.10. The van der Waals surface area contributed by atoms with Gasteiger partial charge in [-0.3, -0.25) is 0 Å². The molecule has 3 atom stereocenters. The van der Waals surface area contributed by atoms with E-state index in [0.717, 1.165) is 18.7 Å². The Balaban J connectivity index is 1.80. The summed E-state index contributed by atoms with van der Waals surface area (Å²) < 4.78 is 18.8. The summed E-state index contributed by atoms with van der Waals surface area (Å²) in [6.07, 6.45) is 1.43. The number of hydrogen-bond acceptors (Lipinski definition) is 2. The molecule has 98 valence electrons. The fourth-order valence-corrected chi connectivity index (χ4v) is 3.61. The molecule has 4 heteroatoms. The van der Waals surface area contributed by atoms with Gasteiger partial charge in [0.25, 0.3) is 0 Å². The van der Waals surface area contributed by atoms with Crippen molar-refractivity contribution in [3.63, 3.8) is 0 Å². The third-order valence-corrected chi connectivity index (χ3v) is 4.66. The van der Waals surface area contributed by atoms with Crippen LogP contribution < -0.4 is 5.32 Å². The minimum atomic E-state index is -0.305. The van der Waals surface area contributed by atoms with Crippen LogP contribution in [0.5, 0.6) is 0 Å². The van der Waals surface area contributed by atoms with Gasteiger partial charge in [0.05, 0.1) is 16.8 Å². The number of anilines is 1. The number of hydrogen-bond donors (Lipinski definition) is 1. The minimum absolute atomic E-state index is 0.0961. The second-order valence-electron chi connectivity index (χ2n) is 5.81. The summed E-state index contributed by atoms with van der Waals surface area (Å²) in [5.74, 6) is 0.238. The van der Waals surface area contributed by atoms with Crippen LogP contribution in [0.1, 0.15) is 20.3 Å². The molecule has 1 N–H and O–H groups in total. The number of benzene rings is 1. The molecule has 2 fully saturated rings. The molecule has 18 heavy (non-hydrogen) atoms. The van der Waals surface area contributed by atoms with Crippen molar-refractivity contribution in [2.24, 2.45) is 11.3 Å². The van der Waals surface area contributed by atoms with Crippen LogP contribution in [0.15, 0.2) is 18.2 Å². The van der Waals surface area contributed by atoms with Crippen LogP contribution >= 0.6 is 11.6 Å². The SMILES string of the molecule is CC1(C)C(Nc2ccc(F)cc2Cl)C2CCOC21. The van der Waals surface area contributed by atoms with Crippen LogP contribution in [0, 0.1) is 17.2 Å². The lowest BCUT2D eigenvalue weighted by molar-refractivity contribution is -0.0923. The molecule has 1 heterocycles. The van der Waals surface area contributed by atoms with E-state index in [1.54, 1.807) is 6.07 Å². The fraction of sp³-hybridized carbons (Fsp3) is 0.571. The predicted molar refractivity (Wildman–Crippen MR) is 70.4 cm³/mol. The van der Waals surface area contributed by atoms with Crippen LogP contribution in [-0.2, 0) is 4.74 Å². The van der Waals surface area contributed by atoms with Crippen molar-refractivity contribution in [2.45, 2.75) is 32.4 Å². The fourth-order valence-electron chi connectivity index (χ4n) is 3.39. The van der Waals surface area contributed by atoms with Crippen molar-refractivity contribution in [1.82, 2.24) is 0 Å². The maximum absolute atomic E-state index is 13.0. The smallest absolute Gasteiger partial charge is 0.124 e. The molecule has 1 aromatic rings. The van der Waals surface area contributed by atoms with Gasteiger partial charge in [0, 0.05) is 24.0 Å². The van der Waals surface area contributed by atoms with Gasteiger partial charge in [0.15, 0.2) is 0 Å². The van der Waals surface area contributed by atoms with Crippen LogP contribution in [0.25, 0.3) is 0 Å². The highest BCUT2D eigenvalue weighted by Gasteiger charge is 2.59. The summed E-state index contributed by atoms with van der Waals surface area (Å²) in [6, 6.07) is 4.82. The molecule has 1 saturated carbocycles. The number of rotatable bonds is 2. The van der Waals surface area contributed by atoms with E-state index in [4.69, 9.17) is 16.3 Å². The van der Waals surface area contributed by atoms with Gasteiger partial charge in [-0.2, -0.15) is 0 Å². The second-order valence-corrected chi connectivity index (χ2v) is 6.22. The van der Waals surface area contributed by atoms with Crippen molar-refractivity contribution >= 4 is 17.3 Å². The van der Waals surface area contributed by atoms with E-state index in [2.05, 4.69) is 19.2 Å². The van der Waals surface area contributed by atoms with E-state index in [1.165, 1.54) is 12.1 Å². The van der Waals surface area contributed by atoms with Gasteiger partial charge < -0.3 is 10.1 Å². The summed E-state index contributed by atoms with van der Waals surface area (Å²) in [5.41, 5.74) is 0.903. The number of nitrogens with one attached hydrogen (secondary N) is 1. The zero-order valence-corrected chi connectivity index (χ0v) is 11.3. The number of fused-ring (bicyclic) bond motifs is 1. The standard InChI is InChI=1S/C14H17ClFNO/c1-14(2)12(9-5-6-18-13(9)14)17-11-4-3-8(16)7-10(11)15/h3-4,7,9,12-13,17H,5-6H2,1-2H3. The van der Waals surface area contributed by atoms with Crippen molar-refractivity contribution in [3.8, 4) is 0 Å². The third kappa shape index (κ3) is 1.72. The first kappa shape index (κ1) is 12.2. The molecular formula is C14H17ClFNO. The van der Waals surface area contributed by atoms with Crippen molar-refractivity contribution in [1.29, 1.82) is 0 Å². The quantitative estimate of drug-likeness (QED) is 0.884. The Morgan fingerprint density at radius 3 is 2.94 bits per heavy atom. The van der Waals surface area contributed by atoms with Gasteiger partial charge in [-0.15, -0.1) is 0 Å². The van der Waals surface area contributed by atoms with Crippen molar-refractivity contribution in [2.75, 3.05) is 11.9 Å². The van der Waals surface area contributed by atoms with E-state index in [-0.39, 0.29) is 11.2 Å². The highest BCUT2D eigenvalue weighted by molar-refractivity contribution is 6.33. The Labute approximate surface area is 111 Å². The van der Waals surface area contributed by atoms with Crippen LogP contribution in [0.2, 0.25) is 5.02 Å². The maximum atomic E-state index is 13.0. The largest absolute Gasteiger partial charge is 0.380 e. The van der Waals surface area contributed by atoms with E-state index in [9.17, 15) is 4.39 Å². The van der Waals surface area contributed by atoms with Gasteiger partial charge in [-0.05, 0) is 24.6 Å². The summed E-state index contributed by atoms with van der Waals surface area (Å²) >= 11 is 6.06. The molecule has 0 bridgehead atoms. The number of halogens is 2. The first-order chi connectivity index (χ1) is 8.50. The number of ether oxygens (including phenoxy) is 1. The van der Waals surface area contributed by atoms with Crippen molar-refractivity contribution < 1.29 is 9.13 Å².